The van der Waals surface area contributed by atoms with Gasteiger partial charge in [0.2, 0.25) is 0 Å². The molecule has 5 nitrogen and oxygen atoms in total. The SMILES string of the molecule is Cc1nsc(C)c1C(=O)N1CCCC1c1c(C)n[nH]c1C. The maximum Gasteiger partial charge on any atom is 0.257 e. The summed E-state index contributed by atoms with van der Waals surface area (Å²) in [5, 5.41) is 7.31. The summed E-state index contributed by atoms with van der Waals surface area (Å²) in [6.07, 6.45) is 2.04. The molecule has 0 aliphatic carbocycles. The number of hydrogen-bond acceptors (Lipinski definition) is 4. The second kappa shape index (κ2) is 5.26. The van der Waals surface area contributed by atoms with Gasteiger partial charge in [-0.2, -0.15) is 9.47 Å². The molecule has 0 aromatic carbocycles. The van der Waals surface area contributed by atoms with Crippen LogP contribution in [-0.4, -0.2) is 31.9 Å². The highest BCUT2D eigenvalue weighted by Crippen LogP contribution is 2.36. The first-order chi connectivity index (χ1) is 10.0. The lowest BCUT2D eigenvalue weighted by atomic mass is 10.0. The fourth-order valence-electron chi connectivity index (χ4n) is 3.29. The molecule has 1 aliphatic heterocycles. The number of amides is 1. The lowest BCUT2D eigenvalue weighted by Crippen LogP contribution is -2.31. The molecule has 0 saturated carbocycles. The summed E-state index contributed by atoms with van der Waals surface area (Å²) in [6.45, 7) is 8.72. The molecule has 1 amide bonds. The van der Waals surface area contributed by atoms with Gasteiger partial charge in [0.15, 0.2) is 0 Å². The van der Waals surface area contributed by atoms with E-state index in [9.17, 15) is 4.79 Å². The van der Waals surface area contributed by atoms with Gasteiger partial charge >= 0.3 is 0 Å². The average molecular weight is 304 g/mol. The highest BCUT2D eigenvalue weighted by atomic mass is 32.1. The standard InChI is InChI=1S/C15H20N4OS/c1-8-13(9(2)17-16-8)12-6-5-7-19(12)15(20)14-10(3)18-21-11(14)4/h12H,5-7H2,1-4H3,(H,16,17). The molecule has 0 radical (unpaired) electrons. The van der Waals surface area contributed by atoms with Crippen LogP contribution in [0.4, 0.5) is 0 Å². The van der Waals surface area contributed by atoms with E-state index in [1.807, 2.05) is 32.6 Å². The Kier molecular flexibility index (Phi) is 3.57. The van der Waals surface area contributed by atoms with Crippen LogP contribution in [0.15, 0.2) is 0 Å². The number of aromatic nitrogens is 3. The zero-order valence-corrected chi connectivity index (χ0v) is 13.7. The van der Waals surface area contributed by atoms with Crippen molar-refractivity contribution >= 4 is 17.4 Å². The van der Waals surface area contributed by atoms with Crippen molar-refractivity contribution in [1.82, 2.24) is 19.5 Å². The number of H-pyrrole nitrogens is 1. The number of aryl methyl sites for hydroxylation is 4. The second-order valence-corrected chi connectivity index (χ2v) is 6.68. The van der Waals surface area contributed by atoms with E-state index < -0.39 is 0 Å². The van der Waals surface area contributed by atoms with Crippen LogP contribution < -0.4 is 0 Å². The topological polar surface area (TPSA) is 61.9 Å². The number of carbonyl (C=O) groups is 1. The van der Waals surface area contributed by atoms with Crippen molar-refractivity contribution in [2.24, 2.45) is 0 Å². The molecule has 2 aromatic rings. The van der Waals surface area contributed by atoms with E-state index in [-0.39, 0.29) is 11.9 Å². The summed E-state index contributed by atoms with van der Waals surface area (Å²) in [5.74, 6) is 0.112. The summed E-state index contributed by atoms with van der Waals surface area (Å²) in [7, 11) is 0. The lowest BCUT2D eigenvalue weighted by molar-refractivity contribution is 0.0734. The quantitative estimate of drug-likeness (QED) is 0.927. The van der Waals surface area contributed by atoms with E-state index in [0.29, 0.717) is 0 Å². The van der Waals surface area contributed by atoms with E-state index in [1.165, 1.54) is 17.1 Å². The van der Waals surface area contributed by atoms with Crippen LogP contribution in [0.25, 0.3) is 0 Å². The van der Waals surface area contributed by atoms with Crippen LogP contribution in [-0.2, 0) is 0 Å². The zero-order chi connectivity index (χ0) is 15.1. The van der Waals surface area contributed by atoms with Gasteiger partial charge in [-0.3, -0.25) is 9.89 Å². The Balaban J connectivity index is 1.97. The molecule has 1 atom stereocenters. The van der Waals surface area contributed by atoms with Crippen molar-refractivity contribution in [3.05, 3.63) is 33.1 Å². The normalized spacial score (nSPS) is 18.5. The van der Waals surface area contributed by atoms with E-state index in [1.54, 1.807) is 0 Å². The molecule has 21 heavy (non-hydrogen) atoms. The molecule has 1 N–H and O–H groups in total. The van der Waals surface area contributed by atoms with E-state index in [4.69, 9.17) is 0 Å². The van der Waals surface area contributed by atoms with Crippen LogP contribution in [0, 0.1) is 27.7 Å². The molecule has 0 spiro atoms. The fraction of sp³-hybridized carbons (Fsp3) is 0.533. The first-order valence-corrected chi connectivity index (χ1v) is 8.03. The third-order valence-electron chi connectivity index (χ3n) is 4.28. The number of likely N-dealkylation sites (tertiary alicyclic amines) is 1. The van der Waals surface area contributed by atoms with Crippen molar-refractivity contribution in [3.8, 4) is 0 Å². The molecular weight excluding hydrogens is 284 g/mol. The number of hydrogen-bond donors (Lipinski definition) is 1. The fourth-order valence-corrected chi connectivity index (χ4v) is 3.98. The third-order valence-corrected chi connectivity index (χ3v) is 5.12. The van der Waals surface area contributed by atoms with Gasteiger partial charge in [-0.25, -0.2) is 0 Å². The summed E-state index contributed by atoms with van der Waals surface area (Å²) < 4.78 is 4.31. The number of nitrogens with one attached hydrogen (secondary N) is 1. The van der Waals surface area contributed by atoms with Crippen molar-refractivity contribution in [1.29, 1.82) is 0 Å². The van der Waals surface area contributed by atoms with Crippen molar-refractivity contribution < 1.29 is 4.79 Å². The molecule has 1 fully saturated rings. The maximum atomic E-state index is 12.9. The molecule has 1 aliphatic rings. The molecule has 6 heteroatoms. The Bertz CT molecular complexity index is 649. The minimum Gasteiger partial charge on any atom is -0.331 e. The number of carbonyl (C=O) groups excluding carboxylic acids is 1. The maximum absolute atomic E-state index is 12.9. The first kappa shape index (κ1) is 14.3. The number of aromatic amines is 1. The van der Waals surface area contributed by atoms with Crippen LogP contribution in [0.3, 0.4) is 0 Å². The number of rotatable bonds is 2. The lowest BCUT2D eigenvalue weighted by Gasteiger charge is -2.25. The summed E-state index contributed by atoms with van der Waals surface area (Å²) in [5.41, 5.74) is 4.86. The predicted octanol–water partition coefficient (Wildman–Crippen LogP) is 3.08. The van der Waals surface area contributed by atoms with Crippen LogP contribution >= 0.6 is 11.5 Å². The van der Waals surface area contributed by atoms with Gasteiger partial charge in [0, 0.05) is 22.7 Å². The monoisotopic (exact) mass is 304 g/mol. The molecule has 0 bridgehead atoms. The highest BCUT2D eigenvalue weighted by Gasteiger charge is 2.35. The van der Waals surface area contributed by atoms with Gasteiger partial charge in [0.25, 0.3) is 5.91 Å². The van der Waals surface area contributed by atoms with Gasteiger partial charge in [-0.05, 0) is 52.1 Å². The Morgan fingerprint density at radius 1 is 1.29 bits per heavy atom. The molecule has 1 unspecified atom stereocenters. The largest absolute Gasteiger partial charge is 0.331 e. The molecule has 1 saturated heterocycles. The third kappa shape index (κ3) is 2.27. The number of nitrogens with zero attached hydrogens (tertiary/aromatic N) is 3. The van der Waals surface area contributed by atoms with E-state index >= 15 is 0 Å². The van der Waals surface area contributed by atoms with Gasteiger partial charge < -0.3 is 4.90 Å². The van der Waals surface area contributed by atoms with Gasteiger partial charge in [-0.15, -0.1) is 0 Å². The molecule has 112 valence electrons. The molecule has 3 heterocycles. The zero-order valence-electron chi connectivity index (χ0n) is 12.9. The smallest absolute Gasteiger partial charge is 0.257 e. The van der Waals surface area contributed by atoms with Crippen molar-refractivity contribution in [3.63, 3.8) is 0 Å². The molecular formula is C15H20N4OS. The second-order valence-electron chi connectivity index (χ2n) is 5.70. The van der Waals surface area contributed by atoms with Crippen LogP contribution in [0.5, 0.6) is 0 Å². The molecule has 3 rings (SSSR count). The van der Waals surface area contributed by atoms with Gasteiger partial charge in [-0.1, -0.05) is 0 Å². The summed E-state index contributed by atoms with van der Waals surface area (Å²) in [4.78, 5) is 15.9. The Labute approximate surface area is 128 Å². The summed E-state index contributed by atoms with van der Waals surface area (Å²) in [6, 6.07) is 0.134. The minimum atomic E-state index is 0.112. The highest BCUT2D eigenvalue weighted by molar-refractivity contribution is 7.06. The van der Waals surface area contributed by atoms with Crippen LogP contribution in [0.1, 0.15) is 56.8 Å². The Hall–Kier alpha value is -1.69. The average Bonchev–Trinajstić information content (AvgIpc) is 3.11. The van der Waals surface area contributed by atoms with Crippen molar-refractivity contribution in [2.45, 2.75) is 46.6 Å². The first-order valence-electron chi connectivity index (χ1n) is 7.26. The van der Waals surface area contributed by atoms with Crippen molar-refractivity contribution in [2.75, 3.05) is 6.54 Å². The Morgan fingerprint density at radius 2 is 2.05 bits per heavy atom. The van der Waals surface area contributed by atoms with Crippen LogP contribution in [0.2, 0.25) is 0 Å². The summed E-state index contributed by atoms with van der Waals surface area (Å²) >= 11 is 1.41. The van der Waals surface area contributed by atoms with Gasteiger partial charge in [0.1, 0.15) is 0 Å². The Morgan fingerprint density at radius 3 is 2.62 bits per heavy atom. The molecule has 2 aromatic heterocycles. The predicted molar refractivity (Wildman–Crippen MR) is 82.7 cm³/mol. The minimum absolute atomic E-state index is 0.112. The van der Waals surface area contributed by atoms with E-state index in [0.717, 1.165) is 46.9 Å². The van der Waals surface area contributed by atoms with E-state index in [2.05, 4.69) is 14.6 Å². The van der Waals surface area contributed by atoms with Gasteiger partial charge in [0.05, 0.1) is 23.0 Å².